The molecule has 0 aliphatic carbocycles. The highest BCUT2D eigenvalue weighted by Crippen LogP contribution is 2.24. The smallest absolute Gasteiger partial charge is 0.257 e. The van der Waals surface area contributed by atoms with E-state index in [1.54, 1.807) is 6.07 Å². The molecule has 1 N–H and O–H groups in total. The largest absolute Gasteiger partial charge is 0.336 e. The summed E-state index contributed by atoms with van der Waals surface area (Å²) in [5.41, 5.74) is 3.46. The number of pyridine rings is 1. The van der Waals surface area contributed by atoms with Crippen LogP contribution in [0.3, 0.4) is 0 Å². The van der Waals surface area contributed by atoms with E-state index in [1.807, 2.05) is 31.2 Å². The maximum atomic E-state index is 12.6. The number of nitriles is 1. The first-order valence-corrected chi connectivity index (χ1v) is 8.88. The molecule has 1 atom stereocenters. The zero-order valence-corrected chi connectivity index (χ0v) is 15.9. The molecular formula is C21H22N4O2. The second-order valence-corrected chi connectivity index (χ2v) is 7.47. The first-order valence-electron chi connectivity index (χ1n) is 8.88. The molecule has 138 valence electrons. The van der Waals surface area contributed by atoms with Crippen LogP contribution in [0.15, 0.2) is 41.1 Å². The Morgan fingerprint density at radius 1 is 1.30 bits per heavy atom. The molecule has 0 spiro atoms. The lowest BCUT2D eigenvalue weighted by Crippen LogP contribution is -2.27. The molecule has 0 saturated carbocycles. The van der Waals surface area contributed by atoms with Crippen LogP contribution >= 0.6 is 0 Å². The number of amides is 1. The fraction of sp³-hybridized carbons (Fsp3) is 0.333. The lowest BCUT2D eigenvalue weighted by Gasteiger charge is -2.20. The van der Waals surface area contributed by atoms with Crippen molar-refractivity contribution in [3.63, 3.8) is 0 Å². The minimum absolute atomic E-state index is 0.0284. The predicted molar refractivity (Wildman–Crippen MR) is 102 cm³/mol. The molecule has 0 bridgehead atoms. The summed E-state index contributed by atoms with van der Waals surface area (Å²) in [5, 5.41) is 16.9. The molecule has 1 amide bonds. The molecule has 0 saturated heterocycles. The van der Waals surface area contributed by atoms with E-state index in [2.05, 4.69) is 42.3 Å². The predicted octanol–water partition coefficient (Wildman–Crippen LogP) is 4.08. The zero-order valence-electron chi connectivity index (χ0n) is 15.9. The Labute approximate surface area is 158 Å². The van der Waals surface area contributed by atoms with Gasteiger partial charge in [0, 0.05) is 6.20 Å². The molecule has 1 aromatic carbocycles. The summed E-state index contributed by atoms with van der Waals surface area (Å²) in [6.45, 7) is 8.34. The van der Waals surface area contributed by atoms with Gasteiger partial charge in [0.05, 0.1) is 22.7 Å². The van der Waals surface area contributed by atoms with Gasteiger partial charge < -0.3 is 9.84 Å². The van der Waals surface area contributed by atoms with Crippen molar-refractivity contribution < 1.29 is 9.32 Å². The highest BCUT2D eigenvalue weighted by Gasteiger charge is 2.19. The highest BCUT2D eigenvalue weighted by molar-refractivity contribution is 5.97. The minimum atomic E-state index is -0.740. The molecule has 6 nitrogen and oxygen atoms in total. The average molecular weight is 362 g/mol. The summed E-state index contributed by atoms with van der Waals surface area (Å²) < 4.78 is 5.14. The van der Waals surface area contributed by atoms with Crippen LogP contribution in [0.25, 0.3) is 11.1 Å². The summed E-state index contributed by atoms with van der Waals surface area (Å²) in [5.74, 6) is -0.362. The monoisotopic (exact) mass is 362 g/mol. The molecule has 1 unspecified atom stereocenters. The number of hydrogen-bond donors (Lipinski definition) is 1. The highest BCUT2D eigenvalue weighted by atomic mass is 16.5. The lowest BCUT2D eigenvalue weighted by molar-refractivity contribution is 0.0945. The van der Waals surface area contributed by atoms with E-state index in [1.165, 1.54) is 11.8 Å². The van der Waals surface area contributed by atoms with Gasteiger partial charge in [0.15, 0.2) is 0 Å². The molecule has 27 heavy (non-hydrogen) atoms. The minimum Gasteiger partial charge on any atom is -0.336 e. The number of hydrogen-bond acceptors (Lipinski definition) is 5. The molecule has 0 aliphatic rings. The number of rotatable bonds is 4. The molecule has 3 aromatic rings. The van der Waals surface area contributed by atoms with Crippen molar-refractivity contribution in [2.45, 2.75) is 45.6 Å². The van der Waals surface area contributed by atoms with Crippen LogP contribution in [0, 0.1) is 11.3 Å². The maximum absolute atomic E-state index is 12.6. The first-order chi connectivity index (χ1) is 12.8. The number of nitrogens with one attached hydrogen (secondary N) is 1. The Morgan fingerprint density at radius 3 is 2.59 bits per heavy atom. The van der Waals surface area contributed by atoms with E-state index < -0.39 is 6.04 Å². The topological polar surface area (TPSA) is 91.8 Å². The second kappa shape index (κ2) is 7.20. The van der Waals surface area contributed by atoms with Gasteiger partial charge in [-0.25, -0.2) is 4.98 Å². The fourth-order valence-corrected chi connectivity index (χ4v) is 2.84. The van der Waals surface area contributed by atoms with E-state index in [0.717, 1.165) is 11.3 Å². The van der Waals surface area contributed by atoms with Crippen LogP contribution in [0.5, 0.6) is 0 Å². The van der Waals surface area contributed by atoms with Crippen LogP contribution in [0.4, 0.5) is 0 Å². The van der Waals surface area contributed by atoms with Gasteiger partial charge >= 0.3 is 0 Å². The third-order valence-electron chi connectivity index (χ3n) is 4.52. The van der Waals surface area contributed by atoms with Crippen LogP contribution in [0.2, 0.25) is 0 Å². The number of aromatic nitrogens is 2. The van der Waals surface area contributed by atoms with Crippen LogP contribution in [-0.4, -0.2) is 16.0 Å². The Hall–Kier alpha value is -3.20. The number of nitrogens with zero attached hydrogens (tertiary/aromatic N) is 3. The number of aryl methyl sites for hydroxylation is 1. The van der Waals surface area contributed by atoms with Crippen LogP contribution in [0.1, 0.15) is 60.9 Å². The average Bonchev–Trinajstić information content (AvgIpc) is 3.07. The van der Waals surface area contributed by atoms with E-state index in [4.69, 9.17) is 4.52 Å². The zero-order chi connectivity index (χ0) is 19.6. The molecule has 0 radical (unpaired) electrons. The third-order valence-corrected chi connectivity index (χ3v) is 4.52. The van der Waals surface area contributed by atoms with Gasteiger partial charge in [-0.15, -0.1) is 0 Å². The Bertz CT molecular complexity index is 1010. The molecular weight excluding hydrogens is 340 g/mol. The Balaban J connectivity index is 1.82. The van der Waals surface area contributed by atoms with Crippen LogP contribution < -0.4 is 5.32 Å². The van der Waals surface area contributed by atoms with Crippen molar-refractivity contribution in [2.24, 2.45) is 0 Å². The van der Waals surface area contributed by atoms with Crippen LogP contribution in [-0.2, 0) is 11.8 Å². The molecule has 0 aliphatic heterocycles. The standard InChI is InChI=1S/C21H22N4O2/c1-5-17-16-10-14(12-23-20(16)27-25-17)19(26)24-18(11-22)13-6-8-15(9-7-13)21(2,3)4/h6-10,12,18H,5H2,1-4H3,(H,24,26). The lowest BCUT2D eigenvalue weighted by atomic mass is 9.86. The van der Waals surface area contributed by atoms with Gasteiger partial charge in [-0.05, 0) is 29.0 Å². The van der Waals surface area contributed by atoms with Crippen molar-refractivity contribution in [2.75, 3.05) is 0 Å². The Morgan fingerprint density at radius 2 is 2.00 bits per heavy atom. The molecule has 2 heterocycles. The SMILES string of the molecule is CCc1noc2ncc(C(=O)NC(C#N)c3ccc(C(C)(C)C)cc3)cc12. The molecule has 2 aromatic heterocycles. The number of benzene rings is 1. The second-order valence-electron chi connectivity index (χ2n) is 7.47. The molecule has 6 heteroatoms. The van der Waals surface area contributed by atoms with E-state index >= 15 is 0 Å². The van der Waals surface area contributed by atoms with E-state index in [-0.39, 0.29) is 11.3 Å². The van der Waals surface area contributed by atoms with Gasteiger partial charge in [-0.1, -0.05) is 57.1 Å². The quantitative estimate of drug-likeness (QED) is 0.755. The van der Waals surface area contributed by atoms with Gasteiger partial charge in [0.25, 0.3) is 11.6 Å². The normalized spacial score (nSPS) is 12.6. The van der Waals surface area contributed by atoms with Crippen molar-refractivity contribution in [3.8, 4) is 6.07 Å². The van der Waals surface area contributed by atoms with Crippen molar-refractivity contribution in [1.29, 1.82) is 5.26 Å². The number of fused-ring (bicyclic) bond motifs is 1. The summed E-state index contributed by atoms with van der Waals surface area (Å²) in [6.07, 6.45) is 2.11. The van der Waals surface area contributed by atoms with Gasteiger partial charge in [0.2, 0.25) is 0 Å². The first kappa shape index (κ1) is 18.6. The van der Waals surface area contributed by atoms with Crippen molar-refractivity contribution >= 4 is 17.0 Å². The number of carbonyl (C=O) groups excluding carboxylic acids is 1. The summed E-state index contributed by atoms with van der Waals surface area (Å²) in [7, 11) is 0. The fourth-order valence-electron chi connectivity index (χ4n) is 2.84. The summed E-state index contributed by atoms with van der Waals surface area (Å²) in [6, 6.07) is 10.8. The van der Waals surface area contributed by atoms with Crippen molar-refractivity contribution in [3.05, 3.63) is 58.9 Å². The van der Waals surface area contributed by atoms with E-state index in [0.29, 0.717) is 23.1 Å². The summed E-state index contributed by atoms with van der Waals surface area (Å²) >= 11 is 0. The van der Waals surface area contributed by atoms with Gasteiger partial charge in [-0.3, -0.25) is 4.79 Å². The van der Waals surface area contributed by atoms with Crippen molar-refractivity contribution in [1.82, 2.24) is 15.5 Å². The van der Waals surface area contributed by atoms with Gasteiger partial charge in [0.1, 0.15) is 6.04 Å². The van der Waals surface area contributed by atoms with E-state index in [9.17, 15) is 10.1 Å². The third kappa shape index (κ3) is 3.82. The maximum Gasteiger partial charge on any atom is 0.257 e. The Kier molecular flexibility index (Phi) is 4.95. The summed E-state index contributed by atoms with van der Waals surface area (Å²) in [4.78, 5) is 16.8. The molecule has 3 rings (SSSR count). The van der Waals surface area contributed by atoms with Gasteiger partial charge in [-0.2, -0.15) is 5.26 Å². The molecule has 0 fully saturated rings. The number of carbonyl (C=O) groups is 1.